The van der Waals surface area contributed by atoms with Crippen LogP contribution in [0.15, 0.2) is 24.7 Å². The first-order chi connectivity index (χ1) is 10.2. The number of rotatable bonds is 4. The Labute approximate surface area is 123 Å². The van der Waals surface area contributed by atoms with Crippen molar-refractivity contribution in [1.82, 2.24) is 19.5 Å². The highest BCUT2D eigenvalue weighted by atomic mass is 16.5. The van der Waals surface area contributed by atoms with E-state index in [0.717, 1.165) is 36.7 Å². The lowest BCUT2D eigenvalue weighted by Gasteiger charge is -2.36. The quantitative estimate of drug-likeness (QED) is 0.921. The van der Waals surface area contributed by atoms with Crippen molar-refractivity contribution in [3.05, 3.63) is 30.5 Å². The van der Waals surface area contributed by atoms with Crippen molar-refractivity contribution in [3.63, 3.8) is 0 Å². The fourth-order valence-electron chi connectivity index (χ4n) is 2.78. The second-order valence-electron chi connectivity index (χ2n) is 5.64. The predicted octanol–water partition coefficient (Wildman–Crippen LogP) is 1.44. The monoisotopic (exact) mass is 288 g/mol. The second kappa shape index (κ2) is 5.91. The SMILES string of the molecule is Cc1nccc(-c2nccn2CC2(CO)CCOCC2)n1. The Morgan fingerprint density at radius 1 is 1.29 bits per heavy atom. The van der Waals surface area contributed by atoms with Gasteiger partial charge in [0.05, 0.1) is 6.61 Å². The Kier molecular flexibility index (Phi) is 3.98. The van der Waals surface area contributed by atoms with Crippen LogP contribution in [0.5, 0.6) is 0 Å². The zero-order chi connectivity index (χ0) is 14.7. The van der Waals surface area contributed by atoms with Crippen LogP contribution in [0.2, 0.25) is 0 Å². The molecule has 0 radical (unpaired) electrons. The Balaban J connectivity index is 1.88. The highest BCUT2D eigenvalue weighted by Crippen LogP contribution is 2.33. The maximum Gasteiger partial charge on any atom is 0.158 e. The summed E-state index contributed by atoms with van der Waals surface area (Å²) in [5, 5.41) is 9.83. The smallest absolute Gasteiger partial charge is 0.158 e. The van der Waals surface area contributed by atoms with Gasteiger partial charge in [0, 0.05) is 43.8 Å². The molecule has 0 atom stereocenters. The molecule has 1 aliphatic rings. The second-order valence-corrected chi connectivity index (χ2v) is 5.64. The Morgan fingerprint density at radius 2 is 2.10 bits per heavy atom. The van der Waals surface area contributed by atoms with Crippen LogP contribution in [0.25, 0.3) is 11.5 Å². The molecule has 1 fully saturated rings. The first-order valence-corrected chi connectivity index (χ1v) is 7.22. The average Bonchev–Trinajstić information content (AvgIpc) is 2.96. The van der Waals surface area contributed by atoms with Crippen molar-refractivity contribution in [2.45, 2.75) is 26.3 Å². The Hall–Kier alpha value is -1.79. The van der Waals surface area contributed by atoms with E-state index in [1.54, 1.807) is 12.4 Å². The molecular weight excluding hydrogens is 268 g/mol. The van der Waals surface area contributed by atoms with Crippen molar-refractivity contribution in [2.75, 3.05) is 19.8 Å². The van der Waals surface area contributed by atoms with Gasteiger partial charge in [-0.1, -0.05) is 0 Å². The van der Waals surface area contributed by atoms with Gasteiger partial charge in [0.25, 0.3) is 0 Å². The molecule has 0 amide bonds. The van der Waals surface area contributed by atoms with Crippen molar-refractivity contribution in [2.24, 2.45) is 5.41 Å². The molecule has 2 aromatic rings. The molecule has 0 saturated carbocycles. The van der Waals surface area contributed by atoms with E-state index in [4.69, 9.17) is 4.74 Å². The maximum atomic E-state index is 9.83. The lowest BCUT2D eigenvalue weighted by molar-refractivity contribution is -0.0250. The van der Waals surface area contributed by atoms with Crippen molar-refractivity contribution >= 4 is 0 Å². The summed E-state index contributed by atoms with van der Waals surface area (Å²) in [5.74, 6) is 1.55. The summed E-state index contributed by atoms with van der Waals surface area (Å²) in [5.41, 5.74) is 0.683. The molecule has 0 unspecified atom stereocenters. The van der Waals surface area contributed by atoms with Crippen molar-refractivity contribution in [1.29, 1.82) is 0 Å². The van der Waals surface area contributed by atoms with E-state index in [0.29, 0.717) is 13.2 Å². The molecule has 1 aliphatic heterocycles. The lowest BCUT2D eigenvalue weighted by Crippen LogP contribution is -2.37. The van der Waals surface area contributed by atoms with Gasteiger partial charge in [0.2, 0.25) is 0 Å². The van der Waals surface area contributed by atoms with Gasteiger partial charge in [-0.15, -0.1) is 0 Å². The number of aromatic nitrogens is 4. The van der Waals surface area contributed by atoms with Crippen LogP contribution in [0, 0.1) is 12.3 Å². The predicted molar refractivity (Wildman–Crippen MR) is 77.6 cm³/mol. The zero-order valence-electron chi connectivity index (χ0n) is 12.2. The van der Waals surface area contributed by atoms with E-state index in [9.17, 15) is 5.11 Å². The summed E-state index contributed by atoms with van der Waals surface area (Å²) in [4.78, 5) is 13.0. The highest BCUT2D eigenvalue weighted by molar-refractivity contribution is 5.48. The maximum absolute atomic E-state index is 9.83. The minimum absolute atomic E-state index is 0.129. The van der Waals surface area contributed by atoms with Gasteiger partial charge in [0.1, 0.15) is 11.5 Å². The van der Waals surface area contributed by atoms with Crippen LogP contribution in [-0.4, -0.2) is 44.4 Å². The number of hydrogen-bond acceptors (Lipinski definition) is 5. The third-order valence-electron chi connectivity index (χ3n) is 4.12. The van der Waals surface area contributed by atoms with Gasteiger partial charge in [-0.05, 0) is 25.8 Å². The molecule has 6 heteroatoms. The molecule has 0 aliphatic carbocycles. The summed E-state index contributed by atoms with van der Waals surface area (Å²) in [7, 11) is 0. The first kappa shape index (κ1) is 14.2. The van der Waals surface area contributed by atoms with Gasteiger partial charge < -0.3 is 14.4 Å². The molecule has 112 valence electrons. The minimum atomic E-state index is -0.129. The fourth-order valence-corrected chi connectivity index (χ4v) is 2.78. The van der Waals surface area contributed by atoms with E-state index in [-0.39, 0.29) is 12.0 Å². The standard InChI is InChI=1S/C15H20N4O2/c1-12-16-5-2-13(18-12)14-17-6-7-19(14)10-15(11-20)3-8-21-9-4-15/h2,5-7,20H,3-4,8-11H2,1H3. The van der Waals surface area contributed by atoms with Gasteiger partial charge in [-0.25, -0.2) is 15.0 Å². The normalized spacial score (nSPS) is 17.8. The van der Waals surface area contributed by atoms with Crippen LogP contribution >= 0.6 is 0 Å². The van der Waals surface area contributed by atoms with Crippen molar-refractivity contribution < 1.29 is 9.84 Å². The Bertz CT molecular complexity index is 605. The van der Waals surface area contributed by atoms with Gasteiger partial charge in [-0.3, -0.25) is 0 Å². The summed E-state index contributed by atoms with van der Waals surface area (Å²) < 4.78 is 7.49. The van der Waals surface area contributed by atoms with Crippen LogP contribution in [0.1, 0.15) is 18.7 Å². The first-order valence-electron chi connectivity index (χ1n) is 7.22. The van der Waals surface area contributed by atoms with E-state index < -0.39 is 0 Å². The molecular formula is C15H20N4O2. The van der Waals surface area contributed by atoms with Gasteiger partial charge in [-0.2, -0.15) is 0 Å². The fraction of sp³-hybridized carbons (Fsp3) is 0.533. The molecule has 0 spiro atoms. The van der Waals surface area contributed by atoms with Gasteiger partial charge in [0.15, 0.2) is 5.82 Å². The zero-order valence-corrected chi connectivity index (χ0v) is 12.2. The third kappa shape index (κ3) is 2.96. The summed E-state index contributed by atoms with van der Waals surface area (Å²) >= 11 is 0. The van der Waals surface area contributed by atoms with E-state index in [1.807, 2.05) is 19.2 Å². The van der Waals surface area contributed by atoms with Crippen LogP contribution < -0.4 is 0 Å². The lowest BCUT2D eigenvalue weighted by atomic mass is 9.81. The third-order valence-corrected chi connectivity index (χ3v) is 4.12. The average molecular weight is 288 g/mol. The van der Waals surface area contributed by atoms with Crippen LogP contribution in [0.4, 0.5) is 0 Å². The van der Waals surface area contributed by atoms with E-state index >= 15 is 0 Å². The highest BCUT2D eigenvalue weighted by Gasteiger charge is 2.33. The molecule has 6 nitrogen and oxygen atoms in total. The van der Waals surface area contributed by atoms with Gasteiger partial charge >= 0.3 is 0 Å². The number of hydrogen-bond donors (Lipinski definition) is 1. The largest absolute Gasteiger partial charge is 0.396 e. The number of aliphatic hydroxyl groups excluding tert-OH is 1. The number of imidazole rings is 1. The van der Waals surface area contributed by atoms with E-state index in [2.05, 4.69) is 19.5 Å². The summed E-state index contributed by atoms with van der Waals surface area (Å²) in [6.45, 7) is 4.17. The minimum Gasteiger partial charge on any atom is -0.396 e. The summed E-state index contributed by atoms with van der Waals surface area (Å²) in [6, 6.07) is 1.86. The summed E-state index contributed by atoms with van der Waals surface area (Å²) in [6.07, 6.45) is 7.19. The number of aryl methyl sites for hydroxylation is 1. The molecule has 3 rings (SSSR count). The molecule has 2 aromatic heterocycles. The molecule has 0 bridgehead atoms. The number of aliphatic hydroxyl groups is 1. The topological polar surface area (TPSA) is 73.1 Å². The molecule has 1 saturated heterocycles. The van der Waals surface area contributed by atoms with E-state index in [1.165, 1.54) is 0 Å². The van der Waals surface area contributed by atoms with Crippen LogP contribution in [0.3, 0.4) is 0 Å². The molecule has 21 heavy (non-hydrogen) atoms. The van der Waals surface area contributed by atoms with Crippen LogP contribution in [-0.2, 0) is 11.3 Å². The molecule has 1 N–H and O–H groups in total. The number of nitrogens with zero attached hydrogens (tertiary/aromatic N) is 4. The number of ether oxygens (including phenoxy) is 1. The molecule has 0 aromatic carbocycles. The van der Waals surface area contributed by atoms with Crippen molar-refractivity contribution in [3.8, 4) is 11.5 Å². The Morgan fingerprint density at radius 3 is 2.81 bits per heavy atom. The molecule has 3 heterocycles.